The smallest absolute Gasteiger partial charge is 0.248 e. The fraction of sp³-hybridized carbons (Fsp3) is 0.565. The fourth-order valence-electron chi connectivity index (χ4n) is 4.96. The quantitative estimate of drug-likeness (QED) is 0.705. The predicted molar refractivity (Wildman–Crippen MR) is 117 cm³/mol. The maximum Gasteiger partial charge on any atom is 0.248 e. The van der Waals surface area contributed by atoms with E-state index in [2.05, 4.69) is 17.3 Å². The van der Waals surface area contributed by atoms with Gasteiger partial charge in [-0.25, -0.2) is 8.42 Å². The van der Waals surface area contributed by atoms with Gasteiger partial charge in [0.2, 0.25) is 15.9 Å². The van der Waals surface area contributed by atoms with Crippen molar-refractivity contribution in [3.8, 4) is 0 Å². The van der Waals surface area contributed by atoms with Gasteiger partial charge in [-0.3, -0.25) is 4.79 Å². The molecule has 7 nitrogen and oxygen atoms in total. The first-order valence-electron chi connectivity index (χ1n) is 11.2. The third-order valence-electron chi connectivity index (χ3n) is 6.52. The van der Waals surface area contributed by atoms with E-state index in [1.165, 1.54) is 9.87 Å². The summed E-state index contributed by atoms with van der Waals surface area (Å²) in [7, 11) is -3.73. The van der Waals surface area contributed by atoms with Crippen molar-refractivity contribution in [2.24, 2.45) is 5.92 Å². The average Bonchev–Trinajstić information content (AvgIpc) is 3.13. The average molecular weight is 446 g/mol. The molecule has 0 bridgehead atoms. The normalized spacial score (nSPS) is 23.1. The molecule has 0 aliphatic carbocycles. The van der Waals surface area contributed by atoms with Gasteiger partial charge in [0.15, 0.2) is 5.76 Å². The lowest BCUT2D eigenvalue weighted by atomic mass is 9.92. The van der Waals surface area contributed by atoms with Crippen LogP contribution in [-0.4, -0.2) is 54.4 Å². The maximum absolute atomic E-state index is 13.5. The second-order valence-electron chi connectivity index (χ2n) is 8.73. The number of likely N-dealkylation sites (tertiary alicyclic amines) is 1. The largest absolute Gasteiger partial charge is 0.360 e. The van der Waals surface area contributed by atoms with Crippen molar-refractivity contribution in [1.82, 2.24) is 14.4 Å². The summed E-state index contributed by atoms with van der Waals surface area (Å²) in [5, 5.41) is 3.80. The summed E-state index contributed by atoms with van der Waals surface area (Å²) in [5.74, 6) is 0.0876. The standard InChI is InChI=1S/C23H31N3O4S/c1-17-22(18(2)30-24-17)31(28,29)25-13-8-11-20(16-25)23(27)26-14-7-6-12-21(26)15-19-9-4-3-5-10-19/h3-5,9-10,20-21H,6-8,11-16H2,1-2H3. The summed E-state index contributed by atoms with van der Waals surface area (Å²) in [6.07, 6.45) is 5.37. The van der Waals surface area contributed by atoms with Crippen LogP contribution in [-0.2, 0) is 21.2 Å². The number of rotatable bonds is 5. The Bertz CT molecular complexity index is 999. The number of benzene rings is 1. The van der Waals surface area contributed by atoms with Gasteiger partial charge < -0.3 is 9.42 Å². The molecule has 2 fully saturated rings. The number of carbonyl (C=O) groups excluding carboxylic acids is 1. The third kappa shape index (κ3) is 4.55. The molecule has 4 rings (SSSR count). The van der Waals surface area contributed by atoms with Crippen LogP contribution in [0.5, 0.6) is 0 Å². The molecule has 168 valence electrons. The van der Waals surface area contributed by atoms with Gasteiger partial charge in [0.05, 0.1) is 5.92 Å². The Morgan fingerprint density at radius 2 is 1.87 bits per heavy atom. The number of hydrogen-bond acceptors (Lipinski definition) is 5. The molecule has 0 radical (unpaired) electrons. The molecule has 2 aromatic rings. The molecule has 1 aromatic heterocycles. The van der Waals surface area contributed by atoms with Crippen LogP contribution in [0.2, 0.25) is 0 Å². The number of carbonyl (C=O) groups is 1. The number of aromatic nitrogens is 1. The van der Waals surface area contributed by atoms with E-state index in [1.54, 1.807) is 13.8 Å². The van der Waals surface area contributed by atoms with Crippen LogP contribution >= 0.6 is 0 Å². The van der Waals surface area contributed by atoms with Crippen molar-refractivity contribution in [2.75, 3.05) is 19.6 Å². The number of sulfonamides is 1. The highest BCUT2D eigenvalue weighted by Gasteiger charge is 2.39. The molecule has 2 aliphatic rings. The molecule has 2 saturated heterocycles. The van der Waals surface area contributed by atoms with E-state index in [9.17, 15) is 13.2 Å². The molecule has 3 heterocycles. The van der Waals surface area contributed by atoms with Gasteiger partial charge in [0.1, 0.15) is 10.6 Å². The molecule has 0 spiro atoms. The first kappa shape index (κ1) is 22.0. The summed E-state index contributed by atoms with van der Waals surface area (Å²) in [4.78, 5) is 15.7. The molecule has 0 saturated carbocycles. The lowest BCUT2D eigenvalue weighted by Gasteiger charge is -2.40. The van der Waals surface area contributed by atoms with Gasteiger partial charge in [-0.2, -0.15) is 4.31 Å². The zero-order valence-corrected chi connectivity index (χ0v) is 19.1. The number of piperidine rings is 2. The van der Waals surface area contributed by atoms with Crippen molar-refractivity contribution in [3.05, 3.63) is 47.3 Å². The van der Waals surface area contributed by atoms with Crippen LogP contribution in [0.4, 0.5) is 0 Å². The zero-order valence-electron chi connectivity index (χ0n) is 18.3. The van der Waals surface area contributed by atoms with Crippen molar-refractivity contribution in [2.45, 2.75) is 63.3 Å². The second kappa shape index (κ2) is 9.12. The molecule has 8 heteroatoms. The summed E-state index contributed by atoms with van der Waals surface area (Å²) in [5.41, 5.74) is 1.60. The molecule has 1 amide bonds. The van der Waals surface area contributed by atoms with Crippen molar-refractivity contribution >= 4 is 15.9 Å². The Morgan fingerprint density at radius 1 is 1.10 bits per heavy atom. The minimum atomic E-state index is -3.73. The van der Waals surface area contributed by atoms with Crippen LogP contribution in [0.25, 0.3) is 0 Å². The Balaban J connectivity index is 1.50. The molecule has 2 atom stereocenters. The van der Waals surface area contributed by atoms with Crippen molar-refractivity contribution < 1.29 is 17.7 Å². The van der Waals surface area contributed by atoms with E-state index < -0.39 is 10.0 Å². The molecule has 2 aliphatic heterocycles. The number of nitrogens with zero attached hydrogens (tertiary/aromatic N) is 3. The molecular formula is C23H31N3O4S. The molecule has 0 N–H and O–H groups in total. The van der Waals surface area contributed by atoms with Crippen LogP contribution in [0.15, 0.2) is 39.8 Å². The van der Waals surface area contributed by atoms with Crippen LogP contribution in [0.3, 0.4) is 0 Å². The number of hydrogen-bond donors (Lipinski definition) is 0. The maximum atomic E-state index is 13.5. The van der Waals surface area contributed by atoms with Gasteiger partial charge >= 0.3 is 0 Å². The summed E-state index contributed by atoms with van der Waals surface area (Å²) in [6, 6.07) is 10.5. The van der Waals surface area contributed by atoms with Gasteiger partial charge in [0.25, 0.3) is 0 Å². The van der Waals surface area contributed by atoms with Gasteiger partial charge in [-0.05, 0) is 57.9 Å². The zero-order chi connectivity index (χ0) is 22.0. The molecule has 1 aromatic carbocycles. The topological polar surface area (TPSA) is 83.7 Å². The lowest BCUT2D eigenvalue weighted by Crippen LogP contribution is -2.51. The minimum absolute atomic E-state index is 0.0966. The second-order valence-corrected chi connectivity index (χ2v) is 10.6. The SMILES string of the molecule is Cc1noc(C)c1S(=O)(=O)N1CCCC(C(=O)N2CCCCC2Cc2ccccc2)C1. The van der Waals surface area contributed by atoms with Crippen LogP contribution in [0.1, 0.15) is 49.1 Å². The van der Waals surface area contributed by atoms with Gasteiger partial charge in [-0.15, -0.1) is 0 Å². The van der Waals surface area contributed by atoms with Crippen molar-refractivity contribution in [3.63, 3.8) is 0 Å². The third-order valence-corrected chi connectivity index (χ3v) is 8.63. The Labute approximate surface area is 184 Å². The van der Waals surface area contributed by atoms with E-state index in [0.717, 1.165) is 38.6 Å². The Morgan fingerprint density at radius 3 is 2.58 bits per heavy atom. The van der Waals surface area contributed by atoms with Gasteiger partial charge in [0, 0.05) is 25.7 Å². The molecular weight excluding hydrogens is 414 g/mol. The Hall–Kier alpha value is -2.19. The highest BCUT2D eigenvalue weighted by atomic mass is 32.2. The van der Waals surface area contributed by atoms with E-state index in [4.69, 9.17) is 4.52 Å². The highest BCUT2D eigenvalue weighted by molar-refractivity contribution is 7.89. The van der Waals surface area contributed by atoms with Crippen LogP contribution in [0, 0.1) is 19.8 Å². The number of aryl methyl sites for hydroxylation is 2. The summed E-state index contributed by atoms with van der Waals surface area (Å²) in [6.45, 7) is 4.64. The van der Waals surface area contributed by atoms with E-state index in [-0.39, 0.29) is 29.3 Å². The summed E-state index contributed by atoms with van der Waals surface area (Å²) < 4.78 is 33.0. The molecule has 2 unspecified atom stereocenters. The molecule has 31 heavy (non-hydrogen) atoms. The van der Waals surface area contributed by atoms with E-state index in [0.29, 0.717) is 24.4 Å². The number of amides is 1. The highest BCUT2D eigenvalue weighted by Crippen LogP contribution is 2.30. The predicted octanol–water partition coefficient (Wildman–Crippen LogP) is 3.32. The van der Waals surface area contributed by atoms with Gasteiger partial charge in [-0.1, -0.05) is 35.5 Å². The van der Waals surface area contributed by atoms with Crippen molar-refractivity contribution in [1.29, 1.82) is 0 Å². The van der Waals surface area contributed by atoms with E-state index in [1.807, 2.05) is 23.1 Å². The first-order chi connectivity index (χ1) is 14.9. The first-order valence-corrected chi connectivity index (χ1v) is 12.6. The Kier molecular flexibility index (Phi) is 6.48. The monoisotopic (exact) mass is 445 g/mol. The van der Waals surface area contributed by atoms with E-state index >= 15 is 0 Å². The van der Waals surface area contributed by atoms with Crippen LogP contribution < -0.4 is 0 Å². The lowest BCUT2D eigenvalue weighted by molar-refractivity contribution is -0.140. The minimum Gasteiger partial charge on any atom is -0.360 e. The summed E-state index contributed by atoms with van der Waals surface area (Å²) >= 11 is 0. The fourth-order valence-corrected chi connectivity index (χ4v) is 6.77.